The molecule has 1 saturated heterocycles. The number of rotatable bonds is 8. The normalized spacial score (nSPS) is 44.1. The molecule has 6 aliphatic rings. The molecular weight excluding hydrogens is 675 g/mol. The van der Waals surface area contributed by atoms with Crippen molar-refractivity contribution in [2.24, 2.45) is 67.8 Å². The average molecular weight is 748 g/mol. The van der Waals surface area contributed by atoms with Gasteiger partial charge in [-0.1, -0.05) is 93.0 Å². The highest BCUT2D eigenvalue weighted by molar-refractivity contribution is 5.73. The van der Waals surface area contributed by atoms with Crippen LogP contribution in [0, 0.1) is 62.1 Å². The van der Waals surface area contributed by atoms with Gasteiger partial charge in [0.2, 0.25) is 0 Å². The van der Waals surface area contributed by atoms with E-state index in [0.717, 1.165) is 57.4 Å². The molecule has 9 heteroatoms. The number of allylic oxidation sites excluding steroid dienone is 1. The number of hydrogen-bond acceptors (Lipinski definition) is 7. The van der Waals surface area contributed by atoms with Crippen molar-refractivity contribution in [1.82, 2.24) is 19.7 Å². The highest BCUT2D eigenvalue weighted by Crippen LogP contribution is 2.75. The summed E-state index contributed by atoms with van der Waals surface area (Å²) in [5, 5.41) is 16.2. The molecule has 54 heavy (non-hydrogen) atoms. The molecule has 302 valence electrons. The Bertz CT molecular complexity index is 1660. The summed E-state index contributed by atoms with van der Waals surface area (Å²) in [5.74, 6) is 1.52. The number of nitrogens with two attached hydrogens (primary N) is 1. The van der Waals surface area contributed by atoms with E-state index in [-0.39, 0.29) is 50.6 Å². The highest BCUT2D eigenvalue weighted by atomic mass is 16.5. The van der Waals surface area contributed by atoms with Crippen LogP contribution in [0.25, 0.3) is 0 Å². The Balaban J connectivity index is 1.34. The molecule has 4 aliphatic carbocycles. The molecule has 1 aromatic heterocycles. The second-order valence-electron chi connectivity index (χ2n) is 21.8. The molecule has 9 nitrogen and oxygen atoms in total. The minimum atomic E-state index is -0.614. The molecule has 3 N–H and O–H groups in total. The van der Waals surface area contributed by atoms with Gasteiger partial charge in [0.05, 0.1) is 37.9 Å². The number of carboxylic acids is 1. The number of fused-ring (bicyclic) bond motifs is 3. The van der Waals surface area contributed by atoms with Crippen LogP contribution in [-0.4, -0.2) is 82.3 Å². The van der Waals surface area contributed by atoms with E-state index in [0.29, 0.717) is 43.5 Å². The number of carbonyl (C=O) groups is 1. The van der Waals surface area contributed by atoms with E-state index in [1.165, 1.54) is 5.57 Å². The predicted octanol–water partition coefficient (Wildman–Crippen LogP) is 8.14. The fourth-order valence-electron chi connectivity index (χ4n) is 13.4. The van der Waals surface area contributed by atoms with Crippen molar-refractivity contribution < 1.29 is 19.4 Å². The SMILES string of the molecule is CC(C)[C@@H](C)[C@@]1(C)CC[C@]2(C)[C@H]3CC[C@@H]4[C@@]5(COC[C@@]4(C)[C@@H](OC[C@](C)(N)C(C)(C)C)[C@H](n4ncnc4C4C=CCN(C)C4)C5)C3=CC[C@@]2(C)[C@@H]1C(=O)O. The summed E-state index contributed by atoms with van der Waals surface area (Å²) >= 11 is 0. The standard InChI is InChI=1S/C45H73N5O4/c1-28(2)29(3)40(7)19-20-42(9)31-15-16-34-41(8)24-53-26-45(34,32(31)17-18-43(42,10)35(40)38(51)52)22-33(36(41)54-25-44(11,46)39(4,5)6)50-37(47-27-48-50)30-14-13-21-49(12)23-30/h13-14,17,27-31,33-36H,15-16,18-26,46H2,1-12H3,(H,51,52)/t29-,30?,31+,33-,34+,35-,36+,40-,41-,42-,43+,44+,45+/m1/s1. The molecule has 7 rings (SSSR count). The summed E-state index contributed by atoms with van der Waals surface area (Å²) in [6, 6.07) is -0.0573. The van der Waals surface area contributed by atoms with Gasteiger partial charge in [-0.3, -0.25) is 4.79 Å². The first kappa shape index (κ1) is 40.1. The van der Waals surface area contributed by atoms with Gasteiger partial charge < -0.3 is 25.2 Å². The van der Waals surface area contributed by atoms with Gasteiger partial charge in [-0.2, -0.15) is 5.10 Å². The van der Waals surface area contributed by atoms with E-state index in [2.05, 4.69) is 111 Å². The van der Waals surface area contributed by atoms with E-state index >= 15 is 0 Å². The lowest BCUT2D eigenvalue weighted by Crippen LogP contribution is -2.69. The molecule has 0 amide bonds. The van der Waals surface area contributed by atoms with E-state index in [4.69, 9.17) is 25.3 Å². The number of aliphatic carboxylic acids is 1. The van der Waals surface area contributed by atoms with E-state index in [1.54, 1.807) is 6.33 Å². The zero-order chi connectivity index (χ0) is 39.4. The predicted molar refractivity (Wildman–Crippen MR) is 214 cm³/mol. The molecule has 1 unspecified atom stereocenters. The molecule has 3 heterocycles. The van der Waals surface area contributed by atoms with Crippen LogP contribution in [0.15, 0.2) is 30.1 Å². The minimum absolute atomic E-state index is 0.0573. The van der Waals surface area contributed by atoms with Crippen LogP contribution in [0.1, 0.15) is 132 Å². The van der Waals surface area contributed by atoms with Gasteiger partial charge in [0.1, 0.15) is 12.2 Å². The molecule has 1 aromatic rings. The quantitative estimate of drug-likeness (QED) is 0.256. The molecular formula is C45H73N5O4. The summed E-state index contributed by atoms with van der Waals surface area (Å²) in [4.78, 5) is 20.9. The maximum atomic E-state index is 13.6. The Morgan fingerprint density at radius 3 is 2.46 bits per heavy atom. The monoisotopic (exact) mass is 748 g/mol. The number of carboxylic acid groups (broad SMARTS) is 1. The summed E-state index contributed by atoms with van der Waals surface area (Å²) in [7, 11) is 2.17. The van der Waals surface area contributed by atoms with Gasteiger partial charge in [0.25, 0.3) is 0 Å². The Hall–Kier alpha value is -2.07. The highest BCUT2D eigenvalue weighted by Gasteiger charge is 2.72. The van der Waals surface area contributed by atoms with Crippen LogP contribution in [0.2, 0.25) is 0 Å². The largest absolute Gasteiger partial charge is 0.481 e. The second kappa shape index (κ2) is 13.2. The van der Waals surface area contributed by atoms with E-state index < -0.39 is 17.4 Å². The lowest BCUT2D eigenvalue weighted by Gasteiger charge is -2.71. The van der Waals surface area contributed by atoms with E-state index in [9.17, 15) is 9.90 Å². The van der Waals surface area contributed by atoms with Crippen LogP contribution in [0.5, 0.6) is 0 Å². The Morgan fingerprint density at radius 1 is 1.09 bits per heavy atom. The molecule has 4 fully saturated rings. The number of ether oxygens (including phenoxy) is 2. The maximum Gasteiger partial charge on any atom is 0.307 e. The van der Waals surface area contributed by atoms with Crippen molar-refractivity contribution in [2.75, 3.05) is 40.0 Å². The molecule has 3 saturated carbocycles. The smallest absolute Gasteiger partial charge is 0.307 e. The fraction of sp³-hybridized carbons (Fsp3) is 0.844. The Labute approximate surface area is 326 Å². The van der Waals surface area contributed by atoms with Crippen molar-refractivity contribution in [3.05, 3.63) is 36.0 Å². The zero-order valence-electron chi connectivity index (χ0n) is 35.7. The Kier molecular flexibility index (Phi) is 9.84. The van der Waals surface area contributed by atoms with Crippen molar-refractivity contribution in [2.45, 2.75) is 138 Å². The molecule has 13 atom stereocenters. The second-order valence-corrected chi connectivity index (χ2v) is 21.8. The third kappa shape index (κ3) is 5.69. The van der Waals surface area contributed by atoms with Crippen molar-refractivity contribution in [3.63, 3.8) is 0 Å². The van der Waals surface area contributed by atoms with Gasteiger partial charge >= 0.3 is 5.97 Å². The lowest BCUT2D eigenvalue weighted by atomic mass is 9.34. The summed E-state index contributed by atoms with van der Waals surface area (Å²) in [6.07, 6.45) is 14.5. The number of likely N-dealkylation sites (N-methyl/N-ethyl adjacent to an activating group) is 1. The van der Waals surface area contributed by atoms with Gasteiger partial charge in [-0.25, -0.2) is 9.67 Å². The molecule has 2 aliphatic heterocycles. The lowest BCUT2D eigenvalue weighted by molar-refractivity contribution is -0.253. The zero-order valence-corrected chi connectivity index (χ0v) is 35.7. The molecule has 0 radical (unpaired) electrons. The molecule has 0 aromatic carbocycles. The first-order chi connectivity index (χ1) is 25.1. The maximum absolute atomic E-state index is 13.6. The van der Waals surface area contributed by atoms with Crippen molar-refractivity contribution in [3.8, 4) is 0 Å². The van der Waals surface area contributed by atoms with Gasteiger partial charge in [0.15, 0.2) is 0 Å². The van der Waals surface area contributed by atoms with Crippen LogP contribution >= 0.6 is 0 Å². The van der Waals surface area contributed by atoms with Crippen molar-refractivity contribution >= 4 is 5.97 Å². The topological polar surface area (TPSA) is 116 Å². The Morgan fingerprint density at radius 2 is 1.81 bits per heavy atom. The van der Waals surface area contributed by atoms with Crippen LogP contribution < -0.4 is 5.73 Å². The number of hydrogen-bond donors (Lipinski definition) is 2. The first-order valence-electron chi connectivity index (χ1n) is 21.2. The van der Waals surface area contributed by atoms with Crippen LogP contribution in [-0.2, 0) is 14.3 Å². The number of aromatic nitrogens is 3. The summed E-state index contributed by atoms with van der Waals surface area (Å²) in [5.41, 5.74) is 6.64. The third-order valence-electron chi connectivity index (χ3n) is 17.9. The third-order valence-corrected chi connectivity index (χ3v) is 17.9. The van der Waals surface area contributed by atoms with Gasteiger partial charge in [-0.15, -0.1) is 0 Å². The molecule has 0 spiro atoms. The average Bonchev–Trinajstić information content (AvgIpc) is 3.57. The van der Waals surface area contributed by atoms with Gasteiger partial charge in [-0.05, 0) is 97.8 Å². The number of nitrogens with zero attached hydrogens (tertiary/aromatic N) is 4. The van der Waals surface area contributed by atoms with Gasteiger partial charge in [0, 0.05) is 35.4 Å². The van der Waals surface area contributed by atoms with Crippen LogP contribution in [0.4, 0.5) is 0 Å². The summed E-state index contributed by atoms with van der Waals surface area (Å²) < 4.78 is 16.3. The minimum Gasteiger partial charge on any atom is -0.481 e. The molecule has 2 bridgehead atoms. The van der Waals surface area contributed by atoms with E-state index in [1.807, 2.05) is 0 Å². The van der Waals surface area contributed by atoms with Crippen LogP contribution in [0.3, 0.4) is 0 Å². The fourth-order valence-corrected chi connectivity index (χ4v) is 13.4. The summed E-state index contributed by atoms with van der Waals surface area (Å²) in [6.45, 7) is 28.7. The van der Waals surface area contributed by atoms with Crippen molar-refractivity contribution in [1.29, 1.82) is 0 Å². The first-order valence-corrected chi connectivity index (χ1v) is 21.2.